The van der Waals surface area contributed by atoms with E-state index in [2.05, 4.69) is 11.4 Å². The van der Waals surface area contributed by atoms with E-state index < -0.39 is 5.97 Å². The van der Waals surface area contributed by atoms with Crippen molar-refractivity contribution in [3.8, 4) is 0 Å². The average Bonchev–Trinajstić information content (AvgIpc) is 2.62. The van der Waals surface area contributed by atoms with Gasteiger partial charge >= 0.3 is 5.97 Å². The zero-order valence-electron chi connectivity index (χ0n) is 7.77. The Morgan fingerprint density at radius 3 is 3.29 bits per heavy atom. The van der Waals surface area contributed by atoms with Crippen molar-refractivity contribution >= 4 is 17.3 Å². The zero-order chi connectivity index (χ0) is 9.97. The number of carboxylic acids is 1. The predicted molar refractivity (Wildman–Crippen MR) is 56.8 cm³/mol. The third-order valence-corrected chi connectivity index (χ3v) is 3.57. The van der Waals surface area contributed by atoms with Gasteiger partial charge in [-0.1, -0.05) is 6.08 Å². The lowest BCUT2D eigenvalue weighted by molar-refractivity contribution is -0.131. The Hall–Kier alpha value is -1.09. The van der Waals surface area contributed by atoms with E-state index in [1.54, 1.807) is 11.3 Å². The lowest BCUT2D eigenvalue weighted by Gasteiger charge is -2.18. The molecule has 0 saturated heterocycles. The summed E-state index contributed by atoms with van der Waals surface area (Å²) in [6.07, 6.45) is 6.48. The summed E-state index contributed by atoms with van der Waals surface area (Å²) in [5.74, 6) is -0.534. The van der Waals surface area contributed by atoms with Crippen molar-refractivity contribution in [3.63, 3.8) is 0 Å². The molecule has 2 rings (SSSR count). The van der Waals surface area contributed by atoms with Crippen LogP contribution in [0.3, 0.4) is 0 Å². The molecule has 1 aliphatic carbocycles. The molecule has 1 heterocycles. The molecule has 0 amide bonds. The summed E-state index contributed by atoms with van der Waals surface area (Å²) in [5, 5.41) is 10.7. The van der Waals surface area contributed by atoms with E-state index in [9.17, 15) is 4.79 Å². The fraction of sp³-hybridized carbons (Fsp3) is 0.364. The van der Waals surface area contributed by atoms with Crippen molar-refractivity contribution < 1.29 is 9.90 Å². The Labute approximate surface area is 86.9 Å². The van der Waals surface area contributed by atoms with Crippen molar-refractivity contribution in [1.82, 2.24) is 0 Å². The number of aryl methyl sites for hydroxylation is 1. The quantitative estimate of drug-likeness (QED) is 0.759. The summed E-state index contributed by atoms with van der Waals surface area (Å²) in [5.41, 5.74) is 1.33. The van der Waals surface area contributed by atoms with Crippen LogP contribution in [0.2, 0.25) is 0 Å². The number of thiophene rings is 1. The molecule has 0 spiro atoms. The molecule has 3 heteroatoms. The topological polar surface area (TPSA) is 37.3 Å². The van der Waals surface area contributed by atoms with E-state index in [1.165, 1.54) is 22.9 Å². The van der Waals surface area contributed by atoms with Crippen molar-refractivity contribution in [3.05, 3.63) is 34.0 Å². The third-order valence-electron chi connectivity index (χ3n) is 2.57. The first-order valence-electron chi connectivity index (χ1n) is 4.75. The van der Waals surface area contributed by atoms with Gasteiger partial charge < -0.3 is 5.11 Å². The van der Waals surface area contributed by atoms with Gasteiger partial charge in [-0.2, -0.15) is 0 Å². The van der Waals surface area contributed by atoms with Gasteiger partial charge in [0.15, 0.2) is 0 Å². The van der Waals surface area contributed by atoms with Gasteiger partial charge in [0.25, 0.3) is 0 Å². The van der Waals surface area contributed by atoms with Gasteiger partial charge in [0, 0.05) is 16.9 Å². The minimum Gasteiger partial charge on any atom is -0.478 e. The summed E-state index contributed by atoms with van der Waals surface area (Å²) in [4.78, 5) is 11.8. The normalized spacial score (nSPS) is 21.0. The molecule has 0 bridgehead atoms. The number of carboxylic acid groups (broad SMARTS) is 1. The molecule has 1 aromatic rings. The molecule has 0 fully saturated rings. The number of allylic oxidation sites excluding steroid dienone is 1. The molecule has 14 heavy (non-hydrogen) atoms. The fourth-order valence-electron chi connectivity index (χ4n) is 1.92. The summed E-state index contributed by atoms with van der Waals surface area (Å²) < 4.78 is 0. The Morgan fingerprint density at radius 2 is 2.50 bits per heavy atom. The molecule has 0 saturated carbocycles. The first-order valence-corrected chi connectivity index (χ1v) is 5.63. The number of carbonyl (C=O) groups is 1. The van der Waals surface area contributed by atoms with Crippen LogP contribution in [-0.4, -0.2) is 11.1 Å². The van der Waals surface area contributed by atoms with Crippen LogP contribution < -0.4 is 0 Å². The van der Waals surface area contributed by atoms with Gasteiger partial charge in [-0.15, -0.1) is 11.3 Å². The second kappa shape index (κ2) is 3.96. The van der Waals surface area contributed by atoms with Gasteiger partial charge in [-0.3, -0.25) is 0 Å². The molecule has 0 aliphatic heterocycles. The molecule has 2 nitrogen and oxygen atoms in total. The van der Waals surface area contributed by atoms with Crippen LogP contribution in [0, 0.1) is 0 Å². The maximum atomic E-state index is 10.4. The van der Waals surface area contributed by atoms with E-state index in [0.29, 0.717) is 5.92 Å². The molecule has 1 aromatic heterocycles. The van der Waals surface area contributed by atoms with Gasteiger partial charge in [-0.05, 0) is 36.3 Å². The van der Waals surface area contributed by atoms with Crippen molar-refractivity contribution in [2.75, 3.05) is 0 Å². The van der Waals surface area contributed by atoms with Crippen LogP contribution in [0.25, 0.3) is 0 Å². The number of hydrogen-bond acceptors (Lipinski definition) is 2. The molecular formula is C11H12O2S. The number of fused-ring (bicyclic) bond motifs is 1. The number of rotatable bonds is 2. The SMILES string of the molecule is O=C(O)/C=C/C1CCCc2sccc21. The van der Waals surface area contributed by atoms with Crippen molar-refractivity contribution in [1.29, 1.82) is 0 Å². The Balaban J connectivity index is 2.20. The predicted octanol–water partition coefficient (Wildman–Crippen LogP) is 2.81. The molecule has 0 aromatic carbocycles. The maximum absolute atomic E-state index is 10.4. The molecule has 0 radical (unpaired) electrons. The molecule has 1 unspecified atom stereocenters. The summed E-state index contributed by atoms with van der Waals surface area (Å²) in [7, 11) is 0. The first kappa shape index (κ1) is 9.46. The third kappa shape index (κ3) is 1.87. The average molecular weight is 208 g/mol. The molecular weight excluding hydrogens is 196 g/mol. The van der Waals surface area contributed by atoms with Crippen LogP contribution >= 0.6 is 11.3 Å². The molecule has 74 valence electrons. The molecule has 1 N–H and O–H groups in total. The van der Waals surface area contributed by atoms with E-state index in [-0.39, 0.29) is 0 Å². The van der Waals surface area contributed by atoms with Gasteiger partial charge in [0.1, 0.15) is 0 Å². The largest absolute Gasteiger partial charge is 0.478 e. The summed E-state index contributed by atoms with van der Waals surface area (Å²) in [6, 6.07) is 2.12. The van der Waals surface area contributed by atoms with Crippen LogP contribution in [0.4, 0.5) is 0 Å². The van der Waals surface area contributed by atoms with E-state index in [4.69, 9.17) is 5.11 Å². The lowest BCUT2D eigenvalue weighted by atomic mass is 9.87. The number of aliphatic carboxylic acids is 1. The Morgan fingerprint density at radius 1 is 1.64 bits per heavy atom. The summed E-state index contributed by atoms with van der Waals surface area (Å²) >= 11 is 1.78. The molecule has 1 aliphatic rings. The van der Waals surface area contributed by atoms with E-state index in [1.807, 2.05) is 6.08 Å². The standard InChI is InChI=1S/C11H12O2S/c12-11(13)5-4-8-2-1-3-10-9(8)6-7-14-10/h4-8H,1-3H2,(H,12,13)/b5-4+. The molecule has 1 atom stereocenters. The van der Waals surface area contributed by atoms with Gasteiger partial charge in [0.05, 0.1) is 0 Å². The Kier molecular flexibility index (Phi) is 2.68. The second-order valence-corrected chi connectivity index (χ2v) is 4.50. The minimum absolute atomic E-state index is 0.320. The summed E-state index contributed by atoms with van der Waals surface area (Å²) in [6.45, 7) is 0. The van der Waals surface area contributed by atoms with Crippen LogP contribution in [0.15, 0.2) is 23.6 Å². The van der Waals surface area contributed by atoms with E-state index in [0.717, 1.165) is 12.8 Å². The Bertz CT molecular complexity index is 365. The monoisotopic (exact) mass is 208 g/mol. The second-order valence-electron chi connectivity index (χ2n) is 3.50. The van der Waals surface area contributed by atoms with E-state index >= 15 is 0 Å². The first-order chi connectivity index (χ1) is 6.77. The van der Waals surface area contributed by atoms with Crippen LogP contribution in [0.1, 0.15) is 29.2 Å². The van der Waals surface area contributed by atoms with Gasteiger partial charge in [-0.25, -0.2) is 4.79 Å². The fourth-order valence-corrected chi connectivity index (χ4v) is 2.92. The smallest absolute Gasteiger partial charge is 0.327 e. The minimum atomic E-state index is -0.854. The highest BCUT2D eigenvalue weighted by Crippen LogP contribution is 2.35. The van der Waals surface area contributed by atoms with Crippen LogP contribution in [0.5, 0.6) is 0 Å². The van der Waals surface area contributed by atoms with Crippen molar-refractivity contribution in [2.45, 2.75) is 25.2 Å². The highest BCUT2D eigenvalue weighted by molar-refractivity contribution is 7.10. The van der Waals surface area contributed by atoms with Crippen molar-refractivity contribution in [2.24, 2.45) is 0 Å². The highest BCUT2D eigenvalue weighted by Gasteiger charge is 2.18. The number of hydrogen-bond donors (Lipinski definition) is 1. The van der Waals surface area contributed by atoms with Crippen LogP contribution in [-0.2, 0) is 11.2 Å². The lowest BCUT2D eigenvalue weighted by Crippen LogP contribution is -2.05. The zero-order valence-corrected chi connectivity index (χ0v) is 8.59. The highest BCUT2D eigenvalue weighted by atomic mass is 32.1. The maximum Gasteiger partial charge on any atom is 0.327 e. The van der Waals surface area contributed by atoms with Gasteiger partial charge in [0.2, 0.25) is 0 Å².